The summed E-state index contributed by atoms with van der Waals surface area (Å²) >= 11 is 3.44. The van der Waals surface area contributed by atoms with E-state index in [9.17, 15) is 0 Å². The molecule has 0 N–H and O–H groups in total. The van der Waals surface area contributed by atoms with Crippen LogP contribution in [0.15, 0.2) is 51.0 Å². The Morgan fingerprint density at radius 2 is 1.67 bits per heavy atom. The molecule has 30 heavy (non-hydrogen) atoms. The molecule has 0 bridgehead atoms. The van der Waals surface area contributed by atoms with E-state index in [0.717, 1.165) is 49.0 Å². The van der Waals surface area contributed by atoms with Gasteiger partial charge in [-0.1, -0.05) is 35.0 Å². The number of aryl methyl sites for hydroxylation is 1. The molecule has 1 aromatic carbocycles. The number of aromatic nitrogens is 3. The molecule has 1 fully saturated rings. The summed E-state index contributed by atoms with van der Waals surface area (Å²) in [4.78, 5) is 14.2. The fourth-order valence-electron chi connectivity index (χ4n) is 3.56. The number of piperazine rings is 1. The van der Waals surface area contributed by atoms with Crippen LogP contribution in [0, 0.1) is 6.92 Å². The summed E-state index contributed by atoms with van der Waals surface area (Å²) in [6.45, 7) is 7.70. The molecule has 4 heterocycles. The molecular weight excluding hydrogens is 414 g/mol. The molecule has 0 amide bonds. The first-order chi connectivity index (χ1) is 14.7. The second kappa shape index (κ2) is 8.77. The quantitative estimate of drug-likeness (QED) is 0.441. The number of thiazole rings is 1. The minimum atomic E-state index is 0.661. The molecule has 8 heteroatoms. The maximum absolute atomic E-state index is 5.49. The van der Waals surface area contributed by atoms with E-state index in [1.54, 1.807) is 22.7 Å². The van der Waals surface area contributed by atoms with E-state index in [1.807, 2.05) is 12.1 Å². The predicted molar refractivity (Wildman–Crippen MR) is 120 cm³/mol. The van der Waals surface area contributed by atoms with Gasteiger partial charge in [-0.3, -0.25) is 9.80 Å². The number of hydrogen-bond acceptors (Lipinski definition) is 8. The second-order valence-electron chi connectivity index (χ2n) is 7.59. The van der Waals surface area contributed by atoms with Crippen LogP contribution in [-0.2, 0) is 13.1 Å². The van der Waals surface area contributed by atoms with Crippen molar-refractivity contribution in [3.05, 3.63) is 63.6 Å². The Labute approximate surface area is 183 Å². The molecule has 0 spiro atoms. The normalized spacial score (nSPS) is 15.6. The van der Waals surface area contributed by atoms with E-state index in [1.165, 1.54) is 11.1 Å². The third-order valence-corrected chi connectivity index (χ3v) is 6.93. The zero-order chi connectivity index (χ0) is 20.3. The Bertz CT molecular complexity index is 1080. The van der Waals surface area contributed by atoms with E-state index in [4.69, 9.17) is 9.51 Å². The van der Waals surface area contributed by atoms with Gasteiger partial charge in [0.1, 0.15) is 5.01 Å². The Hall–Kier alpha value is -2.39. The first kappa shape index (κ1) is 19.6. The van der Waals surface area contributed by atoms with E-state index in [0.29, 0.717) is 18.3 Å². The Kier molecular flexibility index (Phi) is 5.72. The van der Waals surface area contributed by atoms with Gasteiger partial charge in [-0.15, -0.1) is 11.3 Å². The van der Waals surface area contributed by atoms with Crippen molar-refractivity contribution in [1.82, 2.24) is 24.9 Å². The lowest BCUT2D eigenvalue weighted by Crippen LogP contribution is -2.45. The molecule has 1 aliphatic heterocycles. The predicted octanol–water partition coefficient (Wildman–Crippen LogP) is 4.55. The summed E-state index contributed by atoms with van der Waals surface area (Å²) in [5.74, 6) is 1.34. The van der Waals surface area contributed by atoms with Gasteiger partial charge >= 0.3 is 0 Å². The molecule has 6 nitrogen and oxygen atoms in total. The number of thiophene rings is 1. The fourth-order valence-corrected chi connectivity index (χ4v) is 5.09. The Balaban J connectivity index is 1.13. The van der Waals surface area contributed by atoms with Gasteiger partial charge in [0, 0.05) is 54.6 Å². The summed E-state index contributed by atoms with van der Waals surface area (Å²) < 4.78 is 5.49. The second-order valence-corrected chi connectivity index (χ2v) is 9.22. The van der Waals surface area contributed by atoms with Crippen LogP contribution >= 0.6 is 22.7 Å². The fraction of sp³-hybridized carbons (Fsp3) is 0.318. The van der Waals surface area contributed by atoms with Crippen LogP contribution in [0.25, 0.3) is 22.0 Å². The minimum Gasteiger partial charge on any atom is -0.338 e. The first-order valence-corrected chi connectivity index (χ1v) is 11.9. The van der Waals surface area contributed by atoms with Crippen LogP contribution in [0.5, 0.6) is 0 Å². The molecular formula is C22H23N5OS2. The highest BCUT2D eigenvalue weighted by molar-refractivity contribution is 7.14. The van der Waals surface area contributed by atoms with Gasteiger partial charge in [-0.2, -0.15) is 16.3 Å². The lowest BCUT2D eigenvalue weighted by atomic mass is 10.1. The molecule has 4 aromatic rings. The SMILES string of the molecule is Cc1ccc(-c2noc(CN3CCN(Cc4csc(-c5ccsc5)n4)CC3)n2)cc1. The standard InChI is InChI=1S/C22H23N5OS2/c1-16-2-4-17(5-3-16)21-24-20(28-25-21)13-27-9-7-26(8-10-27)12-19-15-30-22(23-19)18-6-11-29-14-18/h2-6,11,14-15H,7-10,12-13H2,1H3. The summed E-state index contributed by atoms with van der Waals surface area (Å²) in [6, 6.07) is 10.3. The maximum atomic E-state index is 5.49. The van der Waals surface area contributed by atoms with Crippen LogP contribution in [0.4, 0.5) is 0 Å². The molecule has 1 aliphatic rings. The van der Waals surface area contributed by atoms with E-state index < -0.39 is 0 Å². The van der Waals surface area contributed by atoms with E-state index in [-0.39, 0.29) is 0 Å². The highest BCUT2D eigenvalue weighted by Gasteiger charge is 2.20. The molecule has 0 atom stereocenters. The highest BCUT2D eigenvalue weighted by atomic mass is 32.1. The van der Waals surface area contributed by atoms with Crippen molar-refractivity contribution in [3.63, 3.8) is 0 Å². The summed E-state index contributed by atoms with van der Waals surface area (Å²) in [5, 5.41) is 11.7. The Morgan fingerprint density at radius 1 is 0.900 bits per heavy atom. The third-order valence-electron chi connectivity index (χ3n) is 5.31. The Morgan fingerprint density at radius 3 is 2.40 bits per heavy atom. The minimum absolute atomic E-state index is 0.661. The van der Waals surface area contributed by atoms with Crippen LogP contribution in [0.3, 0.4) is 0 Å². The van der Waals surface area contributed by atoms with Crippen molar-refractivity contribution >= 4 is 22.7 Å². The molecule has 0 radical (unpaired) electrons. The molecule has 0 aliphatic carbocycles. The molecule has 3 aromatic heterocycles. The van der Waals surface area contributed by atoms with Crippen molar-refractivity contribution in [3.8, 4) is 22.0 Å². The average Bonchev–Trinajstić information content (AvgIpc) is 3.52. The monoisotopic (exact) mass is 437 g/mol. The highest BCUT2D eigenvalue weighted by Crippen LogP contribution is 2.26. The van der Waals surface area contributed by atoms with Crippen LogP contribution in [-0.4, -0.2) is 51.1 Å². The number of benzene rings is 1. The van der Waals surface area contributed by atoms with Crippen LogP contribution in [0.2, 0.25) is 0 Å². The molecule has 1 saturated heterocycles. The maximum Gasteiger partial charge on any atom is 0.241 e. The van der Waals surface area contributed by atoms with Crippen molar-refractivity contribution in [2.75, 3.05) is 26.2 Å². The van der Waals surface area contributed by atoms with Gasteiger partial charge in [-0.05, 0) is 18.4 Å². The molecule has 5 rings (SSSR count). The zero-order valence-corrected chi connectivity index (χ0v) is 18.5. The lowest BCUT2D eigenvalue weighted by Gasteiger charge is -2.33. The lowest BCUT2D eigenvalue weighted by molar-refractivity contribution is 0.111. The van der Waals surface area contributed by atoms with E-state index in [2.05, 4.69) is 61.2 Å². The topological polar surface area (TPSA) is 58.3 Å². The van der Waals surface area contributed by atoms with Gasteiger partial charge < -0.3 is 4.52 Å². The zero-order valence-electron chi connectivity index (χ0n) is 16.8. The third kappa shape index (κ3) is 4.52. The van der Waals surface area contributed by atoms with Gasteiger partial charge in [0.05, 0.1) is 12.2 Å². The summed E-state index contributed by atoms with van der Waals surface area (Å²) in [5.41, 5.74) is 4.60. The largest absolute Gasteiger partial charge is 0.338 e. The first-order valence-electron chi connectivity index (χ1n) is 10.0. The summed E-state index contributed by atoms with van der Waals surface area (Å²) in [7, 11) is 0. The van der Waals surface area contributed by atoms with Gasteiger partial charge in [0.15, 0.2) is 0 Å². The van der Waals surface area contributed by atoms with Crippen LogP contribution in [0.1, 0.15) is 17.1 Å². The van der Waals surface area contributed by atoms with Crippen molar-refractivity contribution in [1.29, 1.82) is 0 Å². The van der Waals surface area contributed by atoms with Crippen molar-refractivity contribution in [2.24, 2.45) is 0 Å². The number of nitrogens with zero attached hydrogens (tertiary/aromatic N) is 5. The van der Waals surface area contributed by atoms with Gasteiger partial charge in [0.2, 0.25) is 11.7 Å². The molecule has 0 saturated carbocycles. The van der Waals surface area contributed by atoms with Gasteiger partial charge in [0.25, 0.3) is 0 Å². The summed E-state index contributed by atoms with van der Waals surface area (Å²) in [6.07, 6.45) is 0. The van der Waals surface area contributed by atoms with Crippen LogP contribution < -0.4 is 0 Å². The molecule has 154 valence electrons. The average molecular weight is 438 g/mol. The van der Waals surface area contributed by atoms with E-state index >= 15 is 0 Å². The van der Waals surface area contributed by atoms with Crippen molar-refractivity contribution < 1.29 is 4.52 Å². The smallest absolute Gasteiger partial charge is 0.241 e. The van der Waals surface area contributed by atoms with Gasteiger partial charge in [-0.25, -0.2) is 4.98 Å². The number of rotatable bonds is 6. The molecule has 0 unspecified atom stereocenters. The van der Waals surface area contributed by atoms with Crippen molar-refractivity contribution in [2.45, 2.75) is 20.0 Å². The number of hydrogen-bond donors (Lipinski definition) is 0.